The third-order valence-corrected chi connectivity index (χ3v) is 13.8. The zero-order valence-corrected chi connectivity index (χ0v) is 28.9. The highest BCUT2D eigenvalue weighted by molar-refractivity contribution is 7.93. The molecule has 1 saturated heterocycles. The van der Waals surface area contributed by atoms with E-state index in [-0.39, 0.29) is 38.9 Å². The number of nitriles is 1. The number of sulfonamides is 1. The fourth-order valence-corrected chi connectivity index (χ4v) is 10.8. The zero-order valence-electron chi connectivity index (χ0n) is 25.8. The number of carboxylic acid groups (broad SMARTS) is 1. The molecule has 3 aromatic rings. The van der Waals surface area contributed by atoms with E-state index in [1.807, 2.05) is 6.07 Å². The number of sulfone groups is 1. The molecule has 13 nitrogen and oxygen atoms in total. The summed E-state index contributed by atoms with van der Waals surface area (Å²) in [4.78, 5) is 42.2. The van der Waals surface area contributed by atoms with Gasteiger partial charge >= 0.3 is 5.97 Å². The Balaban J connectivity index is 1.35. The molecule has 3 atom stereocenters. The van der Waals surface area contributed by atoms with Crippen LogP contribution < -0.4 is 10.6 Å². The van der Waals surface area contributed by atoms with E-state index in [1.165, 1.54) is 54.9 Å². The number of benzene rings is 2. The molecule has 0 spiro atoms. The molecule has 2 aliphatic rings. The molecule has 1 aliphatic heterocycles. The number of pyridine rings is 1. The third-order valence-electron chi connectivity index (χ3n) is 8.67. The van der Waals surface area contributed by atoms with E-state index in [0.29, 0.717) is 24.1 Å². The predicted molar refractivity (Wildman–Crippen MR) is 180 cm³/mol. The molecule has 1 aliphatic carbocycles. The summed E-state index contributed by atoms with van der Waals surface area (Å²) in [6.07, 6.45) is 4.32. The van der Waals surface area contributed by atoms with E-state index < -0.39 is 66.8 Å². The number of anilines is 1. The summed E-state index contributed by atoms with van der Waals surface area (Å²) in [5.74, 6) is -2.96. The average Bonchev–Trinajstić information content (AvgIpc) is 3.78. The molecule has 0 bridgehead atoms. The molecule has 0 radical (unpaired) electrons. The second kappa shape index (κ2) is 14.8. The normalized spacial score (nSPS) is 19.2. The average molecular weight is 749 g/mol. The Labute approximate surface area is 293 Å². The Morgan fingerprint density at radius 1 is 1.00 bits per heavy atom. The van der Waals surface area contributed by atoms with Crippen molar-refractivity contribution in [3.8, 4) is 6.07 Å². The number of halogens is 2. The predicted octanol–water partition coefficient (Wildman–Crippen LogP) is 3.81. The van der Waals surface area contributed by atoms with E-state index >= 15 is 0 Å². The summed E-state index contributed by atoms with van der Waals surface area (Å²) in [7, 11) is -8.31. The van der Waals surface area contributed by atoms with Crippen LogP contribution in [0.5, 0.6) is 0 Å². The maximum atomic E-state index is 13.8. The maximum Gasteiger partial charge on any atom is 0.326 e. The lowest BCUT2D eigenvalue weighted by atomic mass is 10.0. The summed E-state index contributed by atoms with van der Waals surface area (Å²) in [5, 5.41) is 22.6. The van der Waals surface area contributed by atoms with Crippen molar-refractivity contribution in [2.45, 2.75) is 66.0 Å². The van der Waals surface area contributed by atoms with Crippen molar-refractivity contribution in [3.63, 3.8) is 0 Å². The van der Waals surface area contributed by atoms with Crippen molar-refractivity contribution < 1.29 is 36.3 Å². The third kappa shape index (κ3) is 7.89. The minimum absolute atomic E-state index is 0.0232. The van der Waals surface area contributed by atoms with Gasteiger partial charge in [-0.3, -0.25) is 14.6 Å². The van der Waals surface area contributed by atoms with Crippen molar-refractivity contribution in [2.75, 3.05) is 11.9 Å². The number of nitrogens with zero attached hydrogens (tertiary/aromatic N) is 3. The molecule has 1 saturated carbocycles. The smallest absolute Gasteiger partial charge is 0.326 e. The van der Waals surface area contributed by atoms with E-state index in [9.17, 15) is 41.6 Å². The van der Waals surface area contributed by atoms with Crippen LogP contribution in [-0.2, 0) is 35.9 Å². The number of aromatic nitrogens is 1. The minimum Gasteiger partial charge on any atom is -0.480 e. The van der Waals surface area contributed by atoms with Gasteiger partial charge in [-0.15, -0.1) is 0 Å². The van der Waals surface area contributed by atoms with Crippen LogP contribution >= 0.6 is 23.2 Å². The fraction of sp³-hybridized carbons (Fsp3) is 0.344. The van der Waals surface area contributed by atoms with Gasteiger partial charge < -0.3 is 15.7 Å². The van der Waals surface area contributed by atoms with Crippen LogP contribution in [0.4, 0.5) is 5.69 Å². The van der Waals surface area contributed by atoms with Crippen LogP contribution in [0.1, 0.15) is 53.6 Å². The molecule has 0 unspecified atom stereocenters. The Morgan fingerprint density at radius 2 is 1.65 bits per heavy atom. The van der Waals surface area contributed by atoms with Gasteiger partial charge in [0.15, 0.2) is 9.84 Å². The second-order valence-corrected chi connectivity index (χ2v) is 17.0. The van der Waals surface area contributed by atoms with E-state index in [2.05, 4.69) is 15.6 Å². The van der Waals surface area contributed by atoms with Crippen LogP contribution in [0.2, 0.25) is 10.0 Å². The highest BCUT2D eigenvalue weighted by Crippen LogP contribution is 2.35. The fourth-order valence-electron chi connectivity index (χ4n) is 6.11. The van der Waals surface area contributed by atoms with Gasteiger partial charge in [-0.1, -0.05) is 54.2 Å². The van der Waals surface area contributed by atoms with Crippen LogP contribution in [0.3, 0.4) is 0 Å². The van der Waals surface area contributed by atoms with Gasteiger partial charge in [-0.25, -0.2) is 21.6 Å². The van der Waals surface area contributed by atoms with Crippen molar-refractivity contribution in [2.24, 2.45) is 0 Å². The first-order valence-corrected chi connectivity index (χ1v) is 19.0. The molecule has 17 heteroatoms. The van der Waals surface area contributed by atoms with Gasteiger partial charge in [-0.05, 0) is 55.2 Å². The Morgan fingerprint density at radius 3 is 2.27 bits per heavy atom. The Kier molecular flexibility index (Phi) is 10.9. The number of carboxylic acids is 1. The lowest BCUT2D eigenvalue weighted by molar-refractivity contribution is -0.142. The number of hydrogen-bond donors (Lipinski definition) is 3. The van der Waals surface area contributed by atoms with Gasteiger partial charge in [0.1, 0.15) is 12.1 Å². The van der Waals surface area contributed by atoms with E-state index in [4.69, 9.17) is 23.2 Å². The Hall–Kier alpha value is -4.07. The van der Waals surface area contributed by atoms with Crippen molar-refractivity contribution >= 4 is 66.5 Å². The molecule has 258 valence electrons. The van der Waals surface area contributed by atoms with Gasteiger partial charge in [0.05, 0.1) is 42.6 Å². The van der Waals surface area contributed by atoms with E-state index in [0.717, 1.165) is 23.2 Å². The van der Waals surface area contributed by atoms with Crippen molar-refractivity contribution in [3.05, 3.63) is 87.7 Å². The maximum absolute atomic E-state index is 13.8. The molecule has 2 fully saturated rings. The molecular formula is C32H31Cl2N5O8S2. The lowest BCUT2D eigenvalue weighted by Gasteiger charge is -2.25. The summed E-state index contributed by atoms with van der Waals surface area (Å²) in [6.45, 7) is -0.489. The summed E-state index contributed by atoms with van der Waals surface area (Å²) >= 11 is 12.1. The van der Waals surface area contributed by atoms with Crippen LogP contribution in [-0.4, -0.2) is 78.1 Å². The van der Waals surface area contributed by atoms with Gasteiger partial charge in [0.25, 0.3) is 5.91 Å². The number of aliphatic carboxylic acids is 1. The first-order valence-electron chi connectivity index (χ1n) is 15.2. The zero-order chi connectivity index (χ0) is 35.5. The summed E-state index contributed by atoms with van der Waals surface area (Å²) < 4.78 is 55.6. The molecule has 49 heavy (non-hydrogen) atoms. The Bertz CT molecular complexity index is 2010. The van der Waals surface area contributed by atoms with E-state index in [1.54, 1.807) is 0 Å². The van der Waals surface area contributed by atoms with Crippen molar-refractivity contribution in [1.29, 1.82) is 5.26 Å². The topological polar surface area (TPSA) is 204 Å². The molecule has 5 rings (SSSR count). The SMILES string of the molecule is N#Cc1cccc(S(=O)(=O)N2C[C@H](S(=O)(=O)C3CCCC3)C[C@H]2C(=O)N[C@@H](Cc2ccc(NC(=O)c3c(Cl)cncc3Cl)cc2)C(=O)O)c1. The number of rotatable bonds is 11. The lowest BCUT2D eigenvalue weighted by Crippen LogP contribution is -2.51. The molecule has 3 N–H and O–H groups in total. The number of carbonyl (C=O) groups is 3. The molecule has 2 heterocycles. The largest absolute Gasteiger partial charge is 0.480 e. The number of hydrogen-bond acceptors (Lipinski definition) is 9. The number of carbonyl (C=O) groups excluding carboxylic acids is 2. The van der Waals surface area contributed by atoms with Gasteiger partial charge in [-0.2, -0.15) is 9.57 Å². The highest BCUT2D eigenvalue weighted by Gasteiger charge is 2.50. The van der Waals surface area contributed by atoms with Crippen molar-refractivity contribution in [1.82, 2.24) is 14.6 Å². The molecule has 2 amide bonds. The number of nitrogens with one attached hydrogen (secondary N) is 2. The molecule has 1 aromatic heterocycles. The first kappa shape index (κ1) is 36.2. The van der Waals surface area contributed by atoms with Gasteiger partial charge in [0.2, 0.25) is 15.9 Å². The number of amides is 2. The van der Waals surface area contributed by atoms with Crippen LogP contribution in [0, 0.1) is 11.3 Å². The van der Waals surface area contributed by atoms with Gasteiger partial charge in [0, 0.05) is 31.0 Å². The summed E-state index contributed by atoms with van der Waals surface area (Å²) in [6, 6.07) is 10.1. The summed E-state index contributed by atoms with van der Waals surface area (Å²) in [5.41, 5.74) is 0.875. The first-order chi connectivity index (χ1) is 23.2. The van der Waals surface area contributed by atoms with Crippen LogP contribution in [0.15, 0.2) is 65.8 Å². The quantitative estimate of drug-likeness (QED) is 0.259. The second-order valence-electron chi connectivity index (χ2n) is 11.8. The minimum atomic E-state index is -4.48. The molecule has 2 aromatic carbocycles. The van der Waals surface area contributed by atoms with Crippen LogP contribution in [0.25, 0.3) is 0 Å². The molecular weight excluding hydrogens is 717 g/mol. The highest BCUT2D eigenvalue weighted by atomic mass is 35.5. The monoisotopic (exact) mass is 747 g/mol. The standard InChI is InChI=1S/C32H31Cl2N5O8S2/c33-25-16-36-17-26(34)29(25)31(41)37-21-10-8-19(9-11-21)13-27(32(42)43)38-30(40)28-14-24(48(44,45)22-5-1-2-6-22)18-39(28)49(46,47)23-7-3-4-20(12-23)15-35/h3-4,7-12,16-17,22,24,27-28H,1-2,5-6,13-14,18H2,(H,37,41)(H,38,40)(H,42,43)/t24-,27+,28+/m1/s1.